The molecule has 0 unspecified atom stereocenters. The van der Waals surface area contributed by atoms with Gasteiger partial charge in [0.15, 0.2) is 11.5 Å². The van der Waals surface area contributed by atoms with Crippen molar-refractivity contribution < 1.29 is 28.8 Å². The summed E-state index contributed by atoms with van der Waals surface area (Å²) in [5.74, 6) is 1.61. The lowest BCUT2D eigenvalue weighted by molar-refractivity contribution is -0.385. The molecule has 3 aromatic carbocycles. The summed E-state index contributed by atoms with van der Waals surface area (Å²) in [7, 11) is 0. The minimum Gasteiger partial charge on any atom is -0.485 e. The summed E-state index contributed by atoms with van der Waals surface area (Å²) in [4.78, 5) is 21.0. The van der Waals surface area contributed by atoms with Crippen LogP contribution in [0.5, 0.6) is 17.2 Å². The first-order valence-corrected chi connectivity index (χ1v) is 11.8. The fraction of sp³-hybridized carbons (Fsp3) is 0.259. The molecule has 0 aromatic heterocycles. The molecule has 5 rings (SSSR count). The number of nitro benzene ring substituents is 2. The number of nitrogens with zero attached hydrogens (tertiary/aromatic N) is 2. The lowest BCUT2D eigenvalue weighted by atomic mass is 9.90. The highest BCUT2D eigenvalue weighted by molar-refractivity contribution is 5.66. The van der Waals surface area contributed by atoms with E-state index in [0.717, 1.165) is 29.5 Å². The molecule has 0 bridgehead atoms. The van der Waals surface area contributed by atoms with Gasteiger partial charge >= 0.3 is 0 Å². The van der Waals surface area contributed by atoms with Crippen LogP contribution in [0.15, 0.2) is 66.7 Å². The monoisotopic (exact) mass is 504 g/mol. The molecule has 1 saturated heterocycles. The number of hydrogen-bond donors (Lipinski definition) is 0. The minimum atomic E-state index is -0.449. The van der Waals surface area contributed by atoms with Crippen LogP contribution in [0, 0.1) is 20.2 Å². The Morgan fingerprint density at radius 1 is 0.784 bits per heavy atom. The van der Waals surface area contributed by atoms with Gasteiger partial charge in [-0.25, -0.2) is 0 Å². The van der Waals surface area contributed by atoms with Crippen LogP contribution in [0.4, 0.5) is 11.4 Å². The molecule has 1 fully saturated rings. The van der Waals surface area contributed by atoms with Gasteiger partial charge in [0.2, 0.25) is 0 Å². The van der Waals surface area contributed by atoms with E-state index >= 15 is 0 Å². The first-order chi connectivity index (χ1) is 17.9. The first kappa shape index (κ1) is 24.3. The van der Waals surface area contributed by atoms with E-state index in [0.29, 0.717) is 30.5 Å². The van der Waals surface area contributed by atoms with Gasteiger partial charge in [0.05, 0.1) is 23.1 Å². The summed E-state index contributed by atoms with van der Waals surface area (Å²) in [5.41, 5.74) is 1.96. The number of hydrogen-bond acceptors (Lipinski definition) is 8. The lowest BCUT2D eigenvalue weighted by Crippen LogP contribution is -2.41. The fourth-order valence-corrected chi connectivity index (χ4v) is 4.23. The molecule has 0 aliphatic carbocycles. The maximum atomic E-state index is 10.9. The summed E-state index contributed by atoms with van der Waals surface area (Å²) in [6.45, 7) is 1.59. The Labute approximate surface area is 212 Å². The molecule has 190 valence electrons. The van der Waals surface area contributed by atoms with E-state index in [1.54, 1.807) is 30.3 Å². The Kier molecular flexibility index (Phi) is 6.74. The molecule has 0 radical (unpaired) electrons. The largest absolute Gasteiger partial charge is 0.485 e. The molecule has 2 aliphatic heterocycles. The van der Waals surface area contributed by atoms with Gasteiger partial charge in [0, 0.05) is 48.7 Å². The standard InChI is InChI=1S/C27H24N2O8/c30-28(31)22-5-1-19(2-6-22)17-35-25-15-21-9-10-27(11-13-34-14-12-27)37-24(21)16-26(25)36-18-20-3-7-23(8-4-20)29(32)33/h1-10,15-16H,11-14,17-18H2. The number of benzene rings is 3. The van der Waals surface area contributed by atoms with E-state index in [1.807, 2.05) is 12.1 Å². The van der Waals surface area contributed by atoms with E-state index in [9.17, 15) is 20.2 Å². The third-order valence-electron chi connectivity index (χ3n) is 6.38. The minimum absolute atomic E-state index is 0.00611. The Balaban J connectivity index is 1.38. The maximum absolute atomic E-state index is 10.9. The third kappa shape index (κ3) is 5.54. The van der Waals surface area contributed by atoms with Crippen LogP contribution >= 0.6 is 0 Å². The van der Waals surface area contributed by atoms with Gasteiger partial charge in [0.1, 0.15) is 24.6 Å². The molecule has 2 heterocycles. The summed E-state index contributed by atoms with van der Waals surface area (Å²) in [6, 6.07) is 15.9. The molecule has 0 amide bonds. The van der Waals surface area contributed by atoms with E-state index in [1.165, 1.54) is 24.3 Å². The van der Waals surface area contributed by atoms with E-state index in [2.05, 4.69) is 6.08 Å². The Morgan fingerprint density at radius 3 is 1.81 bits per heavy atom. The van der Waals surface area contributed by atoms with Gasteiger partial charge in [-0.15, -0.1) is 0 Å². The van der Waals surface area contributed by atoms with Gasteiger partial charge in [0.25, 0.3) is 11.4 Å². The predicted octanol–water partition coefficient (Wildman–Crippen LogP) is 5.62. The molecule has 2 aliphatic rings. The van der Waals surface area contributed by atoms with Gasteiger partial charge in [-0.05, 0) is 47.5 Å². The Bertz CT molecular complexity index is 1330. The molecule has 1 spiro atoms. The van der Waals surface area contributed by atoms with Crippen LogP contribution in [0.2, 0.25) is 0 Å². The van der Waals surface area contributed by atoms with Crippen molar-refractivity contribution in [2.24, 2.45) is 0 Å². The summed E-state index contributed by atoms with van der Waals surface area (Å²) < 4.78 is 24.1. The number of rotatable bonds is 8. The number of nitro groups is 2. The molecule has 10 heteroatoms. The van der Waals surface area contributed by atoms with Gasteiger partial charge in [-0.1, -0.05) is 6.08 Å². The summed E-state index contributed by atoms with van der Waals surface area (Å²) in [5, 5.41) is 21.9. The molecular weight excluding hydrogens is 480 g/mol. The SMILES string of the molecule is O=[N+]([O-])c1ccc(COc2cc3c(cc2OCc2ccc([N+](=O)[O-])cc2)OC2(C=C3)CCOCC2)cc1. The number of fused-ring (bicyclic) bond motifs is 1. The number of non-ortho nitro benzene ring substituents is 2. The molecule has 0 saturated carbocycles. The van der Waals surface area contributed by atoms with Crippen molar-refractivity contribution in [2.75, 3.05) is 13.2 Å². The quantitative estimate of drug-likeness (QED) is 0.286. The van der Waals surface area contributed by atoms with Crippen molar-refractivity contribution >= 4 is 17.5 Å². The lowest BCUT2D eigenvalue weighted by Gasteiger charge is -2.38. The van der Waals surface area contributed by atoms with Crippen molar-refractivity contribution in [1.29, 1.82) is 0 Å². The maximum Gasteiger partial charge on any atom is 0.269 e. The van der Waals surface area contributed by atoms with Crippen LogP contribution in [0.3, 0.4) is 0 Å². The van der Waals surface area contributed by atoms with Gasteiger partial charge < -0.3 is 18.9 Å². The van der Waals surface area contributed by atoms with Crippen LogP contribution in [0.1, 0.15) is 29.5 Å². The highest BCUT2D eigenvalue weighted by Gasteiger charge is 2.35. The molecule has 3 aromatic rings. The zero-order chi connectivity index (χ0) is 25.8. The van der Waals surface area contributed by atoms with Crippen LogP contribution in [-0.2, 0) is 18.0 Å². The van der Waals surface area contributed by atoms with Crippen molar-refractivity contribution in [2.45, 2.75) is 31.7 Å². The second-order valence-corrected chi connectivity index (χ2v) is 8.87. The topological polar surface area (TPSA) is 123 Å². The van der Waals surface area contributed by atoms with Gasteiger partial charge in [-0.2, -0.15) is 0 Å². The van der Waals surface area contributed by atoms with Crippen LogP contribution < -0.4 is 14.2 Å². The van der Waals surface area contributed by atoms with Crippen LogP contribution in [-0.4, -0.2) is 28.7 Å². The predicted molar refractivity (Wildman–Crippen MR) is 134 cm³/mol. The highest BCUT2D eigenvalue weighted by Crippen LogP contribution is 2.43. The van der Waals surface area contributed by atoms with Gasteiger partial charge in [-0.3, -0.25) is 20.2 Å². The normalized spacial score (nSPS) is 15.5. The van der Waals surface area contributed by atoms with Crippen LogP contribution in [0.25, 0.3) is 6.08 Å². The third-order valence-corrected chi connectivity index (χ3v) is 6.38. The molecule has 10 nitrogen and oxygen atoms in total. The molecule has 37 heavy (non-hydrogen) atoms. The van der Waals surface area contributed by atoms with E-state index < -0.39 is 15.4 Å². The zero-order valence-corrected chi connectivity index (χ0v) is 19.8. The van der Waals surface area contributed by atoms with E-state index in [-0.39, 0.29) is 24.6 Å². The first-order valence-electron chi connectivity index (χ1n) is 11.8. The Morgan fingerprint density at radius 2 is 1.30 bits per heavy atom. The molecule has 0 atom stereocenters. The van der Waals surface area contributed by atoms with Crippen molar-refractivity contribution in [3.05, 3.63) is 104 Å². The van der Waals surface area contributed by atoms with E-state index in [4.69, 9.17) is 18.9 Å². The smallest absolute Gasteiger partial charge is 0.269 e. The molecule has 0 N–H and O–H groups in total. The average Bonchev–Trinajstić information content (AvgIpc) is 2.91. The second kappa shape index (κ2) is 10.3. The van der Waals surface area contributed by atoms with Crippen molar-refractivity contribution in [1.82, 2.24) is 0 Å². The summed E-state index contributed by atoms with van der Waals surface area (Å²) in [6.07, 6.45) is 5.58. The second-order valence-electron chi connectivity index (χ2n) is 8.87. The van der Waals surface area contributed by atoms with Crippen molar-refractivity contribution in [3.8, 4) is 17.2 Å². The Hall–Kier alpha value is -4.44. The molecular formula is C27H24N2O8. The van der Waals surface area contributed by atoms with Crippen molar-refractivity contribution in [3.63, 3.8) is 0 Å². The number of ether oxygens (including phenoxy) is 4. The highest BCUT2D eigenvalue weighted by atomic mass is 16.6. The fourth-order valence-electron chi connectivity index (χ4n) is 4.23. The summed E-state index contributed by atoms with van der Waals surface area (Å²) >= 11 is 0. The average molecular weight is 504 g/mol. The zero-order valence-electron chi connectivity index (χ0n) is 19.8.